The van der Waals surface area contributed by atoms with Crippen LogP contribution in [-0.4, -0.2) is 4.98 Å². The molecule has 4 heteroatoms. The number of fused-ring (bicyclic) bond motifs is 1. The summed E-state index contributed by atoms with van der Waals surface area (Å²) < 4.78 is 26.6. The van der Waals surface area contributed by atoms with E-state index >= 15 is 0 Å². The fourth-order valence-corrected chi connectivity index (χ4v) is 2.07. The summed E-state index contributed by atoms with van der Waals surface area (Å²) in [7, 11) is 0. The van der Waals surface area contributed by atoms with Crippen LogP contribution in [0, 0.1) is 11.6 Å². The van der Waals surface area contributed by atoms with Gasteiger partial charge in [0.1, 0.15) is 0 Å². The van der Waals surface area contributed by atoms with E-state index in [-0.39, 0.29) is 6.54 Å². The third kappa shape index (κ3) is 2.45. The van der Waals surface area contributed by atoms with E-state index in [4.69, 9.17) is 0 Å². The van der Waals surface area contributed by atoms with Gasteiger partial charge in [-0.3, -0.25) is 4.98 Å². The second-order valence-electron chi connectivity index (χ2n) is 4.48. The molecule has 0 saturated heterocycles. The van der Waals surface area contributed by atoms with Crippen molar-refractivity contribution in [1.82, 2.24) is 4.98 Å². The Morgan fingerprint density at radius 1 is 1.00 bits per heavy atom. The minimum Gasteiger partial charge on any atom is -0.381 e. The minimum atomic E-state index is -0.827. The Morgan fingerprint density at radius 3 is 2.80 bits per heavy atom. The van der Waals surface area contributed by atoms with Gasteiger partial charge in [0.25, 0.3) is 0 Å². The first kappa shape index (κ1) is 12.5. The molecule has 0 aliphatic rings. The van der Waals surface area contributed by atoms with Crippen molar-refractivity contribution in [1.29, 1.82) is 0 Å². The summed E-state index contributed by atoms with van der Waals surface area (Å²) in [6.45, 7) is 0.232. The van der Waals surface area contributed by atoms with Gasteiger partial charge in [-0.2, -0.15) is 0 Å². The van der Waals surface area contributed by atoms with Crippen LogP contribution in [0.25, 0.3) is 10.9 Å². The van der Waals surface area contributed by atoms with E-state index in [2.05, 4.69) is 10.3 Å². The summed E-state index contributed by atoms with van der Waals surface area (Å²) in [4.78, 5) is 4.23. The van der Waals surface area contributed by atoms with Gasteiger partial charge >= 0.3 is 0 Å². The number of halogens is 2. The molecule has 1 aromatic heterocycles. The van der Waals surface area contributed by atoms with Crippen molar-refractivity contribution in [2.24, 2.45) is 0 Å². The zero-order chi connectivity index (χ0) is 13.9. The van der Waals surface area contributed by atoms with Gasteiger partial charge in [-0.05, 0) is 30.3 Å². The van der Waals surface area contributed by atoms with E-state index in [1.165, 1.54) is 6.07 Å². The normalized spacial score (nSPS) is 10.7. The van der Waals surface area contributed by atoms with Crippen molar-refractivity contribution in [3.63, 3.8) is 0 Å². The fourth-order valence-electron chi connectivity index (χ4n) is 2.07. The summed E-state index contributed by atoms with van der Waals surface area (Å²) in [6, 6.07) is 13.7. The largest absolute Gasteiger partial charge is 0.381 e. The molecular formula is C16H12F2N2. The predicted molar refractivity (Wildman–Crippen MR) is 75.4 cm³/mol. The predicted octanol–water partition coefficient (Wildman–Crippen LogP) is 4.13. The molecule has 100 valence electrons. The molecule has 2 nitrogen and oxygen atoms in total. The Bertz CT molecular complexity index is 756. The Morgan fingerprint density at radius 2 is 1.90 bits per heavy atom. The van der Waals surface area contributed by atoms with E-state index in [1.807, 2.05) is 30.3 Å². The molecule has 0 aliphatic heterocycles. The van der Waals surface area contributed by atoms with Gasteiger partial charge in [-0.25, -0.2) is 8.78 Å². The molecular weight excluding hydrogens is 258 g/mol. The molecule has 3 rings (SSSR count). The number of rotatable bonds is 3. The topological polar surface area (TPSA) is 24.9 Å². The first-order valence-electron chi connectivity index (χ1n) is 6.25. The lowest BCUT2D eigenvalue weighted by Gasteiger charge is -2.08. The average Bonchev–Trinajstić information content (AvgIpc) is 2.48. The highest BCUT2D eigenvalue weighted by molar-refractivity contribution is 5.82. The van der Waals surface area contributed by atoms with Crippen molar-refractivity contribution in [2.45, 2.75) is 6.54 Å². The van der Waals surface area contributed by atoms with Gasteiger partial charge in [0.05, 0.1) is 5.52 Å². The van der Waals surface area contributed by atoms with Gasteiger partial charge in [0.15, 0.2) is 11.6 Å². The molecule has 0 spiro atoms. The average molecular weight is 270 g/mol. The zero-order valence-electron chi connectivity index (χ0n) is 10.6. The van der Waals surface area contributed by atoms with Crippen molar-refractivity contribution in [2.75, 3.05) is 5.32 Å². The van der Waals surface area contributed by atoms with E-state index < -0.39 is 11.6 Å². The molecule has 0 bridgehead atoms. The molecule has 0 amide bonds. The van der Waals surface area contributed by atoms with Crippen LogP contribution in [0.3, 0.4) is 0 Å². The van der Waals surface area contributed by atoms with E-state index in [1.54, 1.807) is 12.3 Å². The van der Waals surface area contributed by atoms with Crippen LogP contribution in [0.5, 0.6) is 0 Å². The van der Waals surface area contributed by atoms with Gasteiger partial charge in [0, 0.05) is 29.4 Å². The molecule has 1 N–H and O–H groups in total. The van der Waals surface area contributed by atoms with Gasteiger partial charge in [-0.15, -0.1) is 0 Å². The van der Waals surface area contributed by atoms with Crippen LogP contribution in [0.4, 0.5) is 14.5 Å². The molecule has 0 saturated carbocycles. The minimum absolute atomic E-state index is 0.232. The second-order valence-corrected chi connectivity index (χ2v) is 4.48. The molecule has 0 unspecified atom stereocenters. The van der Waals surface area contributed by atoms with Crippen molar-refractivity contribution in [3.8, 4) is 0 Å². The molecule has 1 heterocycles. The van der Waals surface area contributed by atoms with Crippen LogP contribution >= 0.6 is 0 Å². The standard InChI is InChI=1S/C16H12F2N2/c17-14-5-1-3-12(16(14)18)10-20-13-6-7-15-11(9-13)4-2-8-19-15/h1-9,20H,10H2. The Kier molecular flexibility index (Phi) is 3.29. The van der Waals surface area contributed by atoms with Crippen LogP contribution in [0.1, 0.15) is 5.56 Å². The maximum absolute atomic E-state index is 13.5. The summed E-state index contributed by atoms with van der Waals surface area (Å²) in [5.74, 6) is -1.63. The monoisotopic (exact) mass is 270 g/mol. The van der Waals surface area contributed by atoms with Crippen molar-refractivity contribution < 1.29 is 8.78 Å². The highest BCUT2D eigenvalue weighted by Crippen LogP contribution is 2.18. The molecule has 0 radical (unpaired) electrons. The lowest BCUT2D eigenvalue weighted by atomic mass is 10.1. The highest BCUT2D eigenvalue weighted by Gasteiger charge is 2.07. The van der Waals surface area contributed by atoms with Crippen LogP contribution < -0.4 is 5.32 Å². The number of hydrogen-bond donors (Lipinski definition) is 1. The van der Waals surface area contributed by atoms with Crippen molar-refractivity contribution in [3.05, 3.63) is 71.9 Å². The number of benzene rings is 2. The lowest BCUT2D eigenvalue weighted by Crippen LogP contribution is -2.03. The van der Waals surface area contributed by atoms with Crippen molar-refractivity contribution >= 4 is 16.6 Å². The number of aromatic nitrogens is 1. The van der Waals surface area contributed by atoms with E-state index in [9.17, 15) is 8.78 Å². The van der Waals surface area contributed by atoms with Gasteiger partial charge in [0.2, 0.25) is 0 Å². The lowest BCUT2D eigenvalue weighted by molar-refractivity contribution is 0.500. The number of nitrogens with one attached hydrogen (secondary N) is 1. The first-order chi connectivity index (χ1) is 9.74. The van der Waals surface area contributed by atoms with E-state index in [0.29, 0.717) is 5.56 Å². The maximum atomic E-state index is 13.5. The quantitative estimate of drug-likeness (QED) is 0.774. The molecule has 3 aromatic rings. The zero-order valence-corrected chi connectivity index (χ0v) is 10.6. The third-order valence-corrected chi connectivity index (χ3v) is 3.12. The number of pyridine rings is 1. The molecule has 2 aromatic carbocycles. The Labute approximate surface area is 115 Å². The van der Waals surface area contributed by atoms with Crippen LogP contribution in [-0.2, 0) is 6.54 Å². The van der Waals surface area contributed by atoms with Gasteiger partial charge in [-0.1, -0.05) is 18.2 Å². The SMILES string of the molecule is Fc1cccc(CNc2ccc3ncccc3c2)c1F. The molecule has 0 fully saturated rings. The first-order valence-corrected chi connectivity index (χ1v) is 6.25. The summed E-state index contributed by atoms with van der Waals surface area (Å²) >= 11 is 0. The molecule has 0 aliphatic carbocycles. The number of hydrogen-bond acceptors (Lipinski definition) is 2. The summed E-state index contributed by atoms with van der Waals surface area (Å²) in [5, 5.41) is 4.08. The Balaban J connectivity index is 1.81. The van der Waals surface area contributed by atoms with Crippen LogP contribution in [0.2, 0.25) is 0 Å². The summed E-state index contributed by atoms with van der Waals surface area (Å²) in [5.41, 5.74) is 2.04. The number of nitrogens with zero attached hydrogens (tertiary/aromatic N) is 1. The maximum Gasteiger partial charge on any atom is 0.163 e. The fraction of sp³-hybridized carbons (Fsp3) is 0.0625. The van der Waals surface area contributed by atoms with Gasteiger partial charge < -0.3 is 5.32 Å². The smallest absolute Gasteiger partial charge is 0.163 e. The van der Waals surface area contributed by atoms with E-state index in [0.717, 1.165) is 22.7 Å². The summed E-state index contributed by atoms with van der Waals surface area (Å²) in [6.07, 6.45) is 1.73. The second kappa shape index (κ2) is 5.25. The highest BCUT2D eigenvalue weighted by atomic mass is 19.2. The molecule has 20 heavy (non-hydrogen) atoms. The number of anilines is 1. The Hall–Kier alpha value is -2.49. The van der Waals surface area contributed by atoms with Crippen LogP contribution in [0.15, 0.2) is 54.7 Å². The molecule has 0 atom stereocenters. The third-order valence-electron chi connectivity index (χ3n) is 3.12.